The summed E-state index contributed by atoms with van der Waals surface area (Å²) in [5.41, 5.74) is 0.766. The molecule has 6 atom stereocenters. The van der Waals surface area contributed by atoms with Gasteiger partial charge in [0.1, 0.15) is 31.0 Å². The average molecular weight is 584 g/mol. The van der Waals surface area contributed by atoms with E-state index in [9.17, 15) is 34.5 Å². The third-order valence-corrected chi connectivity index (χ3v) is 6.36. The van der Waals surface area contributed by atoms with E-state index in [0.717, 1.165) is 5.56 Å². The molecule has 0 radical (unpaired) electrons. The SMILES string of the molecule is C[C@@H]1O[C@@H](OCCNC(=O)CCCCCNC(=O)C(CCC(=O)O)NC(=O)OCc2ccccc2)[C@@H](O)[C@H](O)[C@@H]1O. The van der Waals surface area contributed by atoms with Crippen molar-refractivity contribution in [2.24, 2.45) is 0 Å². The molecule has 0 spiro atoms. The number of carbonyl (C=O) groups is 4. The van der Waals surface area contributed by atoms with Gasteiger partial charge in [-0.15, -0.1) is 0 Å². The Bertz CT molecular complexity index is 965. The number of carboxylic acid groups (broad SMARTS) is 1. The van der Waals surface area contributed by atoms with Crippen LogP contribution in [-0.2, 0) is 35.2 Å². The van der Waals surface area contributed by atoms with Gasteiger partial charge in [-0.05, 0) is 31.7 Å². The molecule has 1 heterocycles. The molecule has 0 bridgehead atoms. The van der Waals surface area contributed by atoms with Crippen LogP contribution >= 0.6 is 0 Å². The van der Waals surface area contributed by atoms with E-state index in [1.165, 1.54) is 0 Å². The molecule has 41 heavy (non-hydrogen) atoms. The molecular weight excluding hydrogens is 542 g/mol. The van der Waals surface area contributed by atoms with Gasteiger partial charge >= 0.3 is 12.1 Å². The molecule has 230 valence electrons. The molecule has 1 aliphatic rings. The van der Waals surface area contributed by atoms with E-state index in [1.54, 1.807) is 31.2 Å². The number of unbranched alkanes of at least 4 members (excludes halogenated alkanes) is 2. The minimum Gasteiger partial charge on any atom is -0.481 e. The van der Waals surface area contributed by atoms with Gasteiger partial charge in [-0.25, -0.2) is 4.79 Å². The largest absolute Gasteiger partial charge is 0.481 e. The Hall–Kier alpha value is -3.30. The van der Waals surface area contributed by atoms with Gasteiger partial charge in [0.05, 0.1) is 12.7 Å². The van der Waals surface area contributed by atoms with E-state index in [0.29, 0.717) is 19.3 Å². The second-order valence-corrected chi connectivity index (χ2v) is 9.69. The number of aliphatic hydroxyl groups excluding tert-OH is 3. The lowest BCUT2D eigenvalue weighted by molar-refractivity contribution is -0.292. The molecule has 0 aliphatic carbocycles. The van der Waals surface area contributed by atoms with E-state index in [1.807, 2.05) is 6.07 Å². The quantitative estimate of drug-likeness (QED) is 0.119. The summed E-state index contributed by atoms with van der Waals surface area (Å²) < 4.78 is 15.8. The van der Waals surface area contributed by atoms with Gasteiger partial charge in [0.2, 0.25) is 11.8 Å². The lowest BCUT2D eigenvalue weighted by Crippen LogP contribution is -2.57. The van der Waals surface area contributed by atoms with E-state index in [4.69, 9.17) is 19.3 Å². The number of hydrogen-bond donors (Lipinski definition) is 7. The second kappa shape index (κ2) is 18.2. The number of alkyl carbamates (subject to hydrolysis) is 1. The molecule has 1 fully saturated rings. The molecule has 14 nitrogen and oxygen atoms in total. The molecule has 1 saturated heterocycles. The number of rotatable bonds is 17. The van der Waals surface area contributed by atoms with Gasteiger partial charge < -0.3 is 50.6 Å². The van der Waals surface area contributed by atoms with Crippen molar-refractivity contribution in [1.82, 2.24) is 16.0 Å². The molecule has 7 N–H and O–H groups in total. The molecule has 1 aromatic carbocycles. The van der Waals surface area contributed by atoms with Crippen LogP contribution < -0.4 is 16.0 Å². The smallest absolute Gasteiger partial charge is 0.408 e. The maximum absolute atomic E-state index is 12.5. The first-order valence-electron chi connectivity index (χ1n) is 13.6. The number of carbonyl (C=O) groups excluding carboxylic acids is 3. The predicted octanol–water partition coefficient (Wildman–Crippen LogP) is -0.217. The van der Waals surface area contributed by atoms with E-state index in [2.05, 4.69) is 16.0 Å². The molecule has 3 amide bonds. The summed E-state index contributed by atoms with van der Waals surface area (Å²) >= 11 is 0. The molecule has 1 aliphatic heterocycles. The van der Waals surface area contributed by atoms with Crippen molar-refractivity contribution < 1.29 is 53.8 Å². The summed E-state index contributed by atoms with van der Waals surface area (Å²) in [6.07, 6.45) is -5.09. The summed E-state index contributed by atoms with van der Waals surface area (Å²) in [7, 11) is 0. The first-order valence-corrected chi connectivity index (χ1v) is 13.6. The minimum absolute atomic E-state index is 0.00697. The van der Waals surface area contributed by atoms with Gasteiger partial charge in [0.25, 0.3) is 0 Å². The third-order valence-electron chi connectivity index (χ3n) is 6.36. The summed E-state index contributed by atoms with van der Waals surface area (Å²) in [4.78, 5) is 47.7. The lowest BCUT2D eigenvalue weighted by atomic mass is 10.0. The Morgan fingerprint density at radius 1 is 0.927 bits per heavy atom. The average Bonchev–Trinajstić information content (AvgIpc) is 2.95. The summed E-state index contributed by atoms with van der Waals surface area (Å²) in [5.74, 6) is -1.83. The Labute approximate surface area is 238 Å². The Morgan fingerprint density at radius 2 is 1.66 bits per heavy atom. The number of benzene rings is 1. The van der Waals surface area contributed by atoms with Crippen molar-refractivity contribution in [3.8, 4) is 0 Å². The van der Waals surface area contributed by atoms with Crippen LogP contribution in [0.4, 0.5) is 4.79 Å². The molecule has 0 aromatic heterocycles. The fraction of sp³-hybridized carbons (Fsp3) is 0.630. The monoisotopic (exact) mass is 583 g/mol. The maximum Gasteiger partial charge on any atom is 0.408 e. The molecule has 2 rings (SSSR count). The third kappa shape index (κ3) is 12.8. The zero-order valence-corrected chi connectivity index (χ0v) is 23.1. The zero-order chi connectivity index (χ0) is 30.2. The predicted molar refractivity (Wildman–Crippen MR) is 143 cm³/mol. The summed E-state index contributed by atoms with van der Waals surface area (Å²) in [6, 6.07) is 7.90. The number of aliphatic carboxylic acids is 1. The van der Waals surface area contributed by atoms with Crippen LogP contribution in [0.1, 0.15) is 51.0 Å². The van der Waals surface area contributed by atoms with Gasteiger partial charge in [-0.1, -0.05) is 36.8 Å². The van der Waals surface area contributed by atoms with Gasteiger partial charge in [-0.3, -0.25) is 14.4 Å². The van der Waals surface area contributed by atoms with Crippen LogP contribution in [0.5, 0.6) is 0 Å². The number of amides is 3. The Kier molecular flexibility index (Phi) is 15.0. The minimum atomic E-state index is -1.41. The Balaban J connectivity index is 1.58. The van der Waals surface area contributed by atoms with Crippen molar-refractivity contribution >= 4 is 23.9 Å². The van der Waals surface area contributed by atoms with Gasteiger partial charge in [-0.2, -0.15) is 0 Å². The van der Waals surface area contributed by atoms with Crippen LogP contribution in [-0.4, -0.2) is 101 Å². The molecular formula is C27H41N3O11. The fourth-order valence-electron chi connectivity index (χ4n) is 3.97. The number of ether oxygens (including phenoxy) is 3. The normalized spacial score (nSPS) is 22.8. The van der Waals surface area contributed by atoms with Gasteiger partial charge in [0, 0.05) is 25.9 Å². The molecule has 1 aromatic rings. The highest BCUT2D eigenvalue weighted by molar-refractivity contribution is 5.86. The van der Waals surface area contributed by atoms with Crippen LogP contribution in [0.3, 0.4) is 0 Å². The Morgan fingerprint density at radius 3 is 2.37 bits per heavy atom. The van der Waals surface area contributed by atoms with Gasteiger partial charge in [0.15, 0.2) is 6.29 Å². The number of aliphatic hydroxyl groups is 3. The van der Waals surface area contributed by atoms with Crippen molar-refractivity contribution in [2.75, 3.05) is 19.7 Å². The fourth-order valence-corrected chi connectivity index (χ4v) is 3.97. The highest BCUT2D eigenvalue weighted by atomic mass is 16.7. The molecule has 0 saturated carbocycles. The molecule has 14 heteroatoms. The zero-order valence-electron chi connectivity index (χ0n) is 23.1. The highest BCUT2D eigenvalue weighted by Crippen LogP contribution is 2.21. The standard InChI is InChI=1S/C27H41N3O11/c1-17-22(34)23(35)24(36)26(41-17)39-15-14-28-20(31)10-6-3-7-13-29-25(37)19(11-12-21(32)33)30-27(38)40-16-18-8-4-2-5-9-18/h2,4-5,8-9,17,19,22-24,26,34-36H,3,6-7,10-16H2,1H3,(H,28,31)(H,29,37)(H,30,38)(H,32,33)/t17-,19?,22+,23+,24-,26+/m0/s1. The lowest BCUT2D eigenvalue weighted by Gasteiger charge is -2.38. The van der Waals surface area contributed by atoms with Crippen molar-refractivity contribution in [3.63, 3.8) is 0 Å². The van der Waals surface area contributed by atoms with Crippen molar-refractivity contribution in [1.29, 1.82) is 0 Å². The highest BCUT2D eigenvalue weighted by Gasteiger charge is 2.42. The van der Waals surface area contributed by atoms with Crippen molar-refractivity contribution in [2.45, 2.75) is 88.8 Å². The molecule has 1 unspecified atom stereocenters. The van der Waals surface area contributed by atoms with Crippen molar-refractivity contribution in [3.05, 3.63) is 35.9 Å². The van der Waals surface area contributed by atoms with E-state index >= 15 is 0 Å². The van der Waals surface area contributed by atoms with Crippen LogP contribution in [0.2, 0.25) is 0 Å². The summed E-state index contributed by atoms with van der Waals surface area (Å²) in [6.45, 7) is 2.02. The summed E-state index contributed by atoms with van der Waals surface area (Å²) in [5, 5.41) is 46.1. The number of nitrogens with one attached hydrogen (secondary N) is 3. The maximum atomic E-state index is 12.5. The van der Waals surface area contributed by atoms with Crippen LogP contribution in [0.25, 0.3) is 0 Å². The van der Waals surface area contributed by atoms with E-state index < -0.39 is 54.7 Å². The topological polar surface area (TPSA) is 213 Å². The van der Waals surface area contributed by atoms with Crippen LogP contribution in [0.15, 0.2) is 30.3 Å². The second-order valence-electron chi connectivity index (χ2n) is 9.69. The first-order chi connectivity index (χ1) is 19.6. The number of carboxylic acids is 1. The van der Waals surface area contributed by atoms with E-state index in [-0.39, 0.29) is 51.5 Å². The number of hydrogen-bond acceptors (Lipinski definition) is 10. The van der Waals surface area contributed by atoms with Crippen LogP contribution in [0, 0.1) is 0 Å². The first kappa shape index (κ1) is 33.9.